The number of halogens is 2. The Morgan fingerprint density at radius 1 is 0.951 bits per heavy atom. The average molecular weight is 623 g/mol. The Kier molecular flexibility index (Phi) is 10.9. The van der Waals surface area contributed by atoms with Gasteiger partial charge in [0, 0.05) is 34.8 Å². The maximum Gasteiger partial charge on any atom is 0.264 e. The summed E-state index contributed by atoms with van der Waals surface area (Å²) in [5.74, 6) is -0.482. The van der Waals surface area contributed by atoms with Gasteiger partial charge >= 0.3 is 0 Å². The van der Waals surface area contributed by atoms with Crippen LogP contribution >= 0.6 is 23.2 Å². The Bertz CT molecular complexity index is 1480. The lowest BCUT2D eigenvalue weighted by molar-refractivity contribution is -0.139. The lowest BCUT2D eigenvalue weighted by Gasteiger charge is -2.32. The number of nitrogens with one attached hydrogen (secondary N) is 1. The number of hydrogen-bond acceptors (Lipinski definition) is 6. The number of likely N-dealkylation sites (N-methyl/N-ethyl adjacent to an activating group) is 1. The summed E-state index contributed by atoms with van der Waals surface area (Å²) in [6.07, 6.45) is 0. The van der Waals surface area contributed by atoms with Crippen LogP contribution in [0.4, 0.5) is 5.69 Å². The Hall–Kier alpha value is -3.47. The average Bonchev–Trinajstić information content (AvgIpc) is 2.95. The number of carbonyl (C=O) groups is 2. The molecule has 12 heteroatoms. The maximum absolute atomic E-state index is 14.1. The molecule has 1 unspecified atom stereocenters. The first-order valence-corrected chi connectivity index (χ1v) is 15.0. The van der Waals surface area contributed by atoms with E-state index < -0.39 is 34.4 Å². The van der Waals surface area contributed by atoms with Gasteiger partial charge in [-0.05, 0) is 57.2 Å². The first kappa shape index (κ1) is 32.0. The van der Waals surface area contributed by atoms with E-state index in [1.165, 1.54) is 37.3 Å². The van der Waals surface area contributed by atoms with Crippen molar-refractivity contribution in [3.63, 3.8) is 0 Å². The van der Waals surface area contributed by atoms with E-state index in [0.717, 1.165) is 9.87 Å². The Morgan fingerprint density at radius 3 is 2.12 bits per heavy atom. The van der Waals surface area contributed by atoms with Crippen LogP contribution in [0.2, 0.25) is 10.0 Å². The molecule has 0 aliphatic carbocycles. The van der Waals surface area contributed by atoms with Crippen molar-refractivity contribution in [3.05, 3.63) is 81.8 Å². The molecule has 0 bridgehead atoms. The zero-order chi connectivity index (χ0) is 30.3. The quantitative estimate of drug-likeness (QED) is 0.303. The second-order valence-electron chi connectivity index (χ2n) is 9.16. The Balaban J connectivity index is 2.10. The van der Waals surface area contributed by atoms with E-state index in [1.54, 1.807) is 56.3 Å². The Labute approximate surface area is 251 Å². The van der Waals surface area contributed by atoms with Crippen LogP contribution in [0, 0.1) is 6.92 Å². The molecule has 41 heavy (non-hydrogen) atoms. The summed E-state index contributed by atoms with van der Waals surface area (Å²) in [4.78, 5) is 28.0. The molecule has 0 saturated heterocycles. The van der Waals surface area contributed by atoms with Gasteiger partial charge in [0.1, 0.15) is 12.6 Å². The number of methoxy groups -OCH3 is 2. The largest absolute Gasteiger partial charge is 0.493 e. The van der Waals surface area contributed by atoms with E-state index in [0.29, 0.717) is 27.9 Å². The van der Waals surface area contributed by atoms with E-state index in [-0.39, 0.29) is 22.9 Å². The van der Waals surface area contributed by atoms with Crippen LogP contribution in [0.3, 0.4) is 0 Å². The number of rotatable bonds is 12. The number of anilines is 1. The predicted molar refractivity (Wildman–Crippen MR) is 160 cm³/mol. The van der Waals surface area contributed by atoms with Crippen LogP contribution in [0.1, 0.15) is 25.0 Å². The third-order valence-electron chi connectivity index (χ3n) is 6.45. The van der Waals surface area contributed by atoms with E-state index in [4.69, 9.17) is 32.7 Å². The van der Waals surface area contributed by atoms with E-state index in [1.807, 2.05) is 6.92 Å². The van der Waals surface area contributed by atoms with Gasteiger partial charge in [0.2, 0.25) is 11.8 Å². The van der Waals surface area contributed by atoms with Crippen molar-refractivity contribution in [3.8, 4) is 11.5 Å². The number of hydrogen-bond donors (Lipinski definition) is 1. The molecule has 3 aromatic rings. The number of aryl methyl sites for hydroxylation is 1. The molecule has 0 fully saturated rings. The summed E-state index contributed by atoms with van der Waals surface area (Å²) >= 11 is 12.8. The first-order valence-electron chi connectivity index (χ1n) is 12.8. The minimum absolute atomic E-state index is 0.110. The number of benzene rings is 3. The third-order valence-corrected chi connectivity index (χ3v) is 8.93. The summed E-state index contributed by atoms with van der Waals surface area (Å²) in [7, 11) is -1.46. The Morgan fingerprint density at radius 2 is 1.56 bits per heavy atom. The van der Waals surface area contributed by atoms with Crippen LogP contribution in [-0.4, -0.2) is 58.5 Å². The molecule has 220 valence electrons. The van der Waals surface area contributed by atoms with E-state index >= 15 is 0 Å². The maximum atomic E-state index is 14.1. The fourth-order valence-corrected chi connectivity index (χ4v) is 6.05. The van der Waals surface area contributed by atoms with Crippen LogP contribution in [0.5, 0.6) is 11.5 Å². The van der Waals surface area contributed by atoms with Crippen molar-refractivity contribution in [1.82, 2.24) is 10.2 Å². The molecule has 0 heterocycles. The van der Waals surface area contributed by atoms with E-state index in [9.17, 15) is 18.0 Å². The molecule has 0 aliphatic rings. The molecule has 3 rings (SSSR count). The smallest absolute Gasteiger partial charge is 0.264 e. The summed E-state index contributed by atoms with van der Waals surface area (Å²) in [6.45, 7) is 4.81. The summed E-state index contributed by atoms with van der Waals surface area (Å²) in [5, 5.41) is 3.33. The van der Waals surface area contributed by atoms with Gasteiger partial charge in [-0.1, -0.05) is 47.0 Å². The second kappa shape index (κ2) is 13.9. The number of ether oxygens (including phenoxy) is 2. The molecule has 0 saturated carbocycles. The standard InChI is InChI=1S/C29H33Cl2N3O6S/c1-6-32-29(36)20(3)33(17-23-24(30)8-7-9-25(23)31)28(35)18-34(21-12-10-19(2)11-13-21)41(37,38)22-14-15-26(39-4)27(16-22)40-5/h7-16,20H,6,17-18H2,1-5H3,(H,32,36). The van der Waals surface area contributed by atoms with Crippen molar-refractivity contribution in [2.24, 2.45) is 0 Å². The van der Waals surface area contributed by atoms with Crippen molar-refractivity contribution in [1.29, 1.82) is 0 Å². The molecule has 1 atom stereocenters. The van der Waals surface area contributed by atoms with Gasteiger partial charge in [-0.15, -0.1) is 0 Å². The minimum atomic E-state index is -4.30. The molecular formula is C29H33Cl2N3O6S. The third kappa shape index (κ3) is 7.44. The molecule has 2 amide bonds. The lowest BCUT2D eigenvalue weighted by Crippen LogP contribution is -2.51. The highest BCUT2D eigenvalue weighted by atomic mass is 35.5. The van der Waals surface area contributed by atoms with Gasteiger partial charge in [-0.3, -0.25) is 13.9 Å². The highest BCUT2D eigenvalue weighted by Gasteiger charge is 2.33. The van der Waals surface area contributed by atoms with Gasteiger partial charge < -0.3 is 19.7 Å². The first-order chi connectivity index (χ1) is 19.4. The SMILES string of the molecule is CCNC(=O)C(C)N(Cc1c(Cl)cccc1Cl)C(=O)CN(c1ccc(C)cc1)S(=O)(=O)c1ccc(OC)c(OC)c1. The molecule has 1 N–H and O–H groups in total. The molecule has 0 radical (unpaired) electrons. The summed E-state index contributed by atoms with van der Waals surface area (Å²) in [5.41, 5.74) is 1.61. The topological polar surface area (TPSA) is 105 Å². The van der Waals surface area contributed by atoms with E-state index in [2.05, 4.69) is 5.32 Å². The molecule has 0 spiro atoms. The molecule has 3 aromatic carbocycles. The molecule has 9 nitrogen and oxygen atoms in total. The number of carbonyl (C=O) groups excluding carboxylic acids is 2. The zero-order valence-corrected chi connectivity index (χ0v) is 25.8. The zero-order valence-electron chi connectivity index (χ0n) is 23.5. The molecule has 0 aromatic heterocycles. The monoisotopic (exact) mass is 621 g/mol. The van der Waals surface area contributed by atoms with Crippen molar-refractivity contribution >= 4 is 50.7 Å². The van der Waals surface area contributed by atoms with Gasteiger partial charge in [-0.2, -0.15) is 0 Å². The summed E-state index contributed by atoms with van der Waals surface area (Å²) < 4.78 is 39.7. The highest BCUT2D eigenvalue weighted by Crippen LogP contribution is 2.33. The van der Waals surface area contributed by atoms with Crippen molar-refractivity contribution < 1.29 is 27.5 Å². The van der Waals surface area contributed by atoms with Gasteiger partial charge in [0.05, 0.1) is 24.8 Å². The number of sulfonamides is 1. The van der Waals surface area contributed by atoms with Crippen LogP contribution in [0.25, 0.3) is 0 Å². The number of nitrogens with zero attached hydrogens (tertiary/aromatic N) is 2. The fourth-order valence-electron chi connectivity index (χ4n) is 4.10. The molecule has 0 aliphatic heterocycles. The summed E-state index contributed by atoms with van der Waals surface area (Å²) in [6, 6.07) is 14.9. The van der Waals surface area contributed by atoms with Crippen molar-refractivity contribution in [2.75, 3.05) is 31.6 Å². The number of amides is 2. The van der Waals surface area contributed by atoms with Crippen LogP contribution in [0.15, 0.2) is 65.6 Å². The normalized spacial score (nSPS) is 11.9. The molecular weight excluding hydrogens is 589 g/mol. The lowest BCUT2D eigenvalue weighted by atomic mass is 10.1. The van der Waals surface area contributed by atoms with Crippen molar-refractivity contribution in [2.45, 2.75) is 38.3 Å². The van der Waals surface area contributed by atoms with Gasteiger partial charge in [0.15, 0.2) is 11.5 Å². The van der Waals surface area contributed by atoms with Gasteiger partial charge in [-0.25, -0.2) is 8.42 Å². The second-order valence-corrected chi connectivity index (χ2v) is 11.8. The van der Waals surface area contributed by atoms with Gasteiger partial charge in [0.25, 0.3) is 10.0 Å². The van der Waals surface area contributed by atoms with Crippen LogP contribution < -0.4 is 19.1 Å². The minimum Gasteiger partial charge on any atom is -0.493 e. The predicted octanol–water partition coefficient (Wildman–Crippen LogP) is 5.07. The fraction of sp³-hybridized carbons (Fsp3) is 0.310. The highest BCUT2D eigenvalue weighted by molar-refractivity contribution is 7.92. The van der Waals surface area contributed by atoms with Crippen LogP contribution in [-0.2, 0) is 26.2 Å².